The summed E-state index contributed by atoms with van der Waals surface area (Å²) in [7, 11) is 0. The highest BCUT2D eigenvalue weighted by Gasteiger charge is 2.15. The lowest BCUT2D eigenvalue weighted by atomic mass is 10.2. The van der Waals surface area contributed by atoms with Crippen LogP contribution < -0.4 is 10.5 Å². The Labute approximate surface area is 151 Å². The van der Waals surface area contributed by atoms with Crippen molar-refractivity contribution in [2.75, 3.05) is 5.73 Å². The van der Waals surface area contributed by atoms with Crippen LogP contribution in [0.1, 0.15) is 0 Å². The lowest BCUT2D eigenvalue weighted by molar-refractivity contribution is 0.442. The van der Waals surface area contributed by atoms with Crippen molar-refractivity contribution in [3.63, 3.8) is 0 Å². The van der Waals surface area contributed by atoms with Crippen LogP contribution in [-0.4, -0.2) is 14.4 Å². The zero-order valence-electron chi connectivity index (χ0n) is 12.9. The highest BCUT2D eigenvalue weighted by Crippen LogP contribution is 2.31. The molecule has 124 valence electrons. The summed E-state index contributed by atoms with van der Waals surface area (Å²) >= 11 is 3.39. The molecule has 2 aromatic carbocycles. The number of aromatic nitrogens is 3. The fraction of sp³-hybridized carbons (Fsp3) is 0. The summed E-state index contributed by atoms with van der Waals surface area (Å²) in [6.45, 7) is 0. The molecule has 2 N–H and O–H groups in total. The first-order valence-corrected chi connectivity index (χ1v) is 8.24. The summed E-state index contributed by atoms with van der Waals surface area (Å²) in [5.74, 6) is 0.989. The average Bonchev–Trinajstić information content (AvgIpc) is 2.96. The topological polar surface area (TPSA) is 65.4 Å². The van der Waals surface area contributed by atoms with Crippen LogP contribution in [0.2, 0.25) is 0 Å². The minimum absolute atomic E-state index is 0.140. The highest BCUT2D eigenvalue weighted by molar-refractivity contribution is 9.10. The van der Waals surface area contributed by atoms with Crippen LogP contribution in [0.3, 0.4) is 0 Å². The predicted octanol–water partition coefficient (Wildman–Crippen LogP) is 4.67. The van der Waals surface area contributed by atoms with Gasteiger partial charge in [-0.05, 0) is 52.3 Å². The molecule has 0 aliphatic rings. The fourth-order valence-corrected chi connectivity index (χ4v) is 3.03. The third-order valence-corrected chi connectivity index (χ3v) is 4.28. The van der Waals surface area contributed by atoms with Crippen LogP contribution >= 0.6 is 15.9 Å². The van der Waals surface area contributed by atoms with Crippen molar-refractivity contribution < 1.29 is 9.13 Å². The minimum atomic E-state index is -0.489. The molecule has 0 atom stereocenters. The normalized spacial score (nSPS) is 11.0. The lowest BCUT2D eigenvalue weighted by Gasteiger charge is -2.08. The van der Waals surface area contributed by atoms with Gasteiger partial charge < -0.3 is 10.5 Å². The van der Waals surface area contributed by atoms with Crippen molar-refractivity contribution >= 4 is 27.4 Å². The summed E-state index contributed by atoms with van der Waals surface area (Å²) in [6, 6.07) is 15.5. The predicted molar refractivity (Wildman–Crippen MR) is 97.0 cm³/mol. The Kier molecular flexibility index (Phi) is 3.85. The summed E-state index contributed by atoms with van der Waals surface area (Å²) < 4.78 is 22.4. The first kappa shape index (κ1) is 15.6. The van der Waals surface area contributed by atoms with Crippen molar-refractivity contribution in [2.24, 2.45) is 0 Å². The van der Waals surface area contributed by atoms with Crippen molar-refractivity contribution in [2.45, 2.75) is 0 Å². The van der Waals surface area contributed by atoms with E-state index < -0.39 is 5.82 Å². The Bertz CT molecular complexity index is 1070. The molecule has 4 rings (SSSR count). The number of ether oxygens (including phenoxy) is 1. The van der Waals surface area contributed by atoms with E-state index in [9.17, 15) is 4.39 Å². The number of rotatable bonds is 3. The number of hydrogen-bond donors (Lipinski definition) is 1. The third kappa shape index (κ3) is 2.83. The van der Waals surface area contributed by atoms with E-state index >= 15 is 0 Å². The molecule has 0 radical (unpaired) electrons. The molecule has 0 amide bonds. The molecule has 25 heavy (non-hydrogen) atoms. The van der Waals surface area contributed by atoms with Crippen LogP contribution in [0.15, 0.2) is 65.4 Å². The summed E-state index contributed by atoms with van der Waals surface area (Å²) in [5, 5.41) is 0. The van der Waals surface area contributed by atoms with Gasteiger partial charge in [-0.15, -0.1) is 0 Å². The molecule has 2 heterocycles. The number of nitrogens with two attached hydrogens (primary N) is 1. The van der Waals surface area contributed by atoms with E-state index in [-0.39, 0.29) is 11.7 Å². The molecular weight excluding hydrogens is 387 g/mol. The maximum atomic E-state index is 14.5. The van der Waals surface area contributed by atoms with Gasteiger partial charge in [0.05, 0.1) is 5.52 Å². The molecule has 7 heteroatoms. The molecule has 4 aromatic rings. The number of halogens is 2. The van der Waals surface area contributed by atoms with Gasteiger partial charge in [-0.1, -0.05) is 18.2 Å². The molecule has 0 fully saturated rings. The van der Waals surface area contributed by atoms with E-state index in [2.05, 4.69) is 25.9 Å². The van der Waals surface area contributed by atoms with E-state index in [1.807, 2.05) is 18.2 Å². The molecule has 0 aliphatic heterocycles. The number of nitrogens with zero attached hydrogens (tertiary/aromatic N) is 3. The van der Waals surface area contributed by atoms with Gasteiger partial charge in [0.1, 0.15) is 16.2 Å². The Morgan fingerprint density at radius 2 is 1.88 bits per heavy atom. The van der Waals surface area contributed by atoms with Crippen molar-refractivity contribution in [3.8, 4) is 22.9 Å². The zero-order valence-corrected chi connectivity index (χ0v) is 14.4. The molecule has 0 saturated carbocycles. The first-order valence-electron chi connectivity index (χ1n) is 7.45. The van der Waals surface area contributed by atoms with Gasteiger partial charge >= 0.3 is 0 Å². The van der Waals surface area contributed by atoms with Gasteiger partial charge in [0, 0.05) is 11.8 Å². The summed E-state index contributed by atoms with van der Waals surface area (Å²) in [5.41, 5.74) is 7.28. The minimum Gasteiger partial charge on any atom is -0.454 e. The average molecular weight is 399 g/mol. The second-order valence-electron chi connectivity index (χ2n) is 5.31. The third-order valence-electron chi connectivity index (χ3n) is 3.70. The van der Waals surface area contributed by atoms with Crippen LogP contribution in [0, 0.1) is 5.82 Å². The number of benzene rings is 2. The van der Waals surface area contributed by atoms with E-state index in [1.54, 1.807) is 40.9 Å². The number of para-hydroxylation sites is 1. The molecule has 0 unspecified atom stereocenters. The van der Waals surface area contributed by atoms with E-state index in [1.165, 1.54) is 6.07 Å². The maximum absolute atomic E-state index is 14.5. The number of anilines is 1. The van der Waals surface area contributed by atoms with Crippen LogP contribution in [0.5, 0.6) is 11.5 Å². The summed E-state index contributed by atoms with van der Waals surface area (Å²) in [4.78, 5) is 8.49. The molecule has 0 aliphatic carbocycles. The Morgan fingerprint density at radius 1 is 1.08 bits per heavy atom. The van der Waals surface area contributed by atoms with Gasteiger partial charge in [0.25, 0.3) is 0 Å². The van der Waals surface area contributed by atoms with Gasteiger partial charge in [0.15, 0.2) is 11.6 Å². The standard InChI is InChI=1S/C18H12BrFN4O/c19-16-14-8-9-22-18(21)24(14)17(23-16)11-6-7-15(13(20)10-11)25-12-4-2-1-3-5-12/h1-10H,(H2,21,22). The smallest absolute Gasteiger partial charge is 0.206 e. The Hall–Kier alpha value is -2.93. The number of nitrogen functional groups attached to an aromatic ring is 1. The maximum Gasteiger partial charge on any atom is 0.206 e. The molecule has 5 nitrogen and oxygen atoms in total. The van der Waals surface area contributed by atoms with E-state index in [4.69, 9.17) is 10.5 Å². The zero-order chi connectivity index (χ0) is 17.4. The largest absolute Gasteiger partial charge is 0.454 e. The number of fused-ring (bicyclic) bond motifs is 1. The number of imidazole rings is 1. The van der Waals surface area contributed by atoms with Crippen molar-refractivity contribution in [1.29, 1.82) is 0 Å². The first-order chi connectivity index (χ1) is 12.1. The molecule has 0 saturated heterocycles. The molecule has 0 spiro atoms. The second kappa shape index (κ2) is 6.18. The Morgan fingerprint density at radius 3 is 2.64 bits per heavy atom. The fourth-order valence-electron chi connectivity index (χ4n) is 2.56. The van der Waals surface area contributed by atoms with E-state index in [0.717, 1.165) is 5.52 Å². The Balaban J connectivity index is 1.77. The molecule has 2 aromatic heterocycles. The lowest BCUT2D eigenvalue weighted by Crippen LogP contribution is -2.01. The van der Waals surface area contributed by atoms with Crippen LogP contribution in [0.25, 0.3) is 16.9 Å². The number of hydrogen-bond acceptors (Lipinski definition) is 4. The van der Waals surface area contributed by atoms with Crippen molar-refractivity contribution in [3.05, 3.63) is 71.2 Å². The second-order valence-corrected chi connectivity index (χ2v) is 6.06. The van der Waals surface area contributed by atoms with Crippen LogP contribution in [-0.2, 0) is 0 Å². The van der Waals surface area contributed by atoms with Gasteiger partial charge in [-0.3, -0.25) is 4.40 Å². The summed E-state index contributed by atoms with van der Waals surface area (Å²) in [6.07, 6.45) is 1.60. The quantitative estimate of drug-likeness (QED) is 0.544. The molecular formula is C18H12BrFN4O. The van der Waals surface area contributed by atoms with Gasteiger partial charge in [-0.25, -0.2) is 14.4 Å². The highest BCUT2D eigenvalue weighted by atomic mass is 79.9. The van der Waals surface area contributed by atoms with Crippen molar-refractivity contribution in [1.82, 2.24) is 14.4 Å². The monoisotopic (exact) mass is 398 g/mol. The van der Waals surface area contributed by atoms with Crippen LogP contribution in [0.4, 0.5) is 10.3 Å². The van der Waals surface area contributed by atoms with Gasteiger partial charge in [-0.2, -0.15) is 0 Å². The van der Waals surface area contributed by atoms with Gasteiger partial charge in [0.2, 0.25) is 5.95 Å². The SMILES string of the molecule is Nc1nccc2c(Br)nc(-c3ccc(Oc4ccccc4)c(F)c3)n12. The molecule has 0 bridgehead atoms. The van der Waals surface area contributed by atoms with E-state index in [0.29, 0.717) is 21.7 Å².